The molecule has 0 rings (SSSR count). The predicted octanol–water partition coefficient (Wildman–Crippen LogP) is 2.78. The average Bonchev–Trinajstić information content (AvgIpc) is 2.22. The van der Waals surface area contributed by atoms with E-state index in [4.69, 9.17) is 0 Å². The van der Waals surface area contributed by atoms with E-state index in [-0.39, 0.29) is 6.04 Å². The Labute approximate surface area is 88.7 Å². The fraction of sp³-hybridized carbons (Fsp3) is 0.917. The monoisotopic (exact) mass is 198 g/mol. The minimum absolute atomic E-state index is 0.0214. The van der Waals surface area contributed by atoms with Gasteiger partial charge in [0.2, 0.25) is 6.29 Å². The number of rotatable bonds is 9. The third kappa shape index (κ3) is 5.38. The molecule has 0 N–H and O–H groups in total. The Balaban J connectivity index is 3.98. The van der Waals surface area contributed by atoms with Crippen molar-refractivity contribution in [3.63, 3.8) is 0 Å². The van der Waals surface area contributed by atoms with E-state index in [0.29, 0.717) is 0 Å². The highest BCUT2D eigenvalue weighted by Gasteiger charge is 2.15. The highest BCUT2D eigenvalue weighted by molar-refractivity contribution is 5.58. The first kappa shape index (κ1) is 13.6. The van der Waals surface area contributed by atoms with E-state index in [1.165, 1.54) is 25.7 Å². The van der Waals surface area contributed by atoms with Gasteiger partial charge < -0.3 is 0 Å². The predicted molar refractivity (Wildman–Crippen MR) is 61.2 cm³/mol. The molecule has 0 spiro atoms. The average molecular weight is 198 g/mol. The minimum Gasteiger partial charge on any atom is -0.293 e. The van der Waals surface area contributed by atoms with Gasteiger partial charge in [-0.2, -0.15) is 0 Å². The van der Waals surface area contributed by atoms with Gasteiger partial charge >= 0.3 is 0 Å². The molecule has 0 bridgehead atoms. The number of nitrogens with zero attached hydrogens (tertiary/aromatic N) is 1. The zero-order valence-electron chi connectivity index (χ0n) is 9.88. The van der Waals surface area contributed by atoms with Crippen LogP contribution in [0, 0.1) is 0 Å². The summed E-state index contributed by atoms with van der Waals surface area (Å²) in [4.78, 5) is 13.0. The molecule has 0 saturated carbocycles. The highest BCUT2D eigenvalue weighted by Crippen LogP contribution is 2.06. The van der Waals surface area contributed by atoms with Crippen LogP contribution >= 0.6 is 0 Å². The van der Waals surface area contributed by atoms with Gasteiger partial charge in [0.15, 0.2) is 0 Å². The van der Waals surface area contributed by atoms with Crippen molar-refractivity contribution in [1.82, 2.24) is 4.90 Å². The third-order valence-electron chi connectivity index (χ3n) is 2.56. The molecule has 2 nitrogen and oxygen atoms in total. The number of hydrogen-bond donors (Lipinski definition) is 0. The van der Waals surface area contributed by atoms with E-state index in [1.54, 1.807) is 0 Å². The molecule has 0 aromatic carbocycles. The summed E-state index contributed by atoms with van der Waals surface area (Å²) < 4.78 is 0. The molecule has 83 valence electrons. The standard InChI is InChI=1S/C12H24NO/c1-4-7-9-13(10-8-5-2)12(6-3)11-14/h12H,4-10H2,1-3H3. The van der Waals surface area contributed by atoms with E-state index in [9.17, 15) is 4.79 Å². The third-order valence-corrected chi connectivity index (χ3v) is 2.56. The second-order valence-electron chi connectivity index (χ2n) is 3.78. The van der Waals surface area contributed by atoms with E-state index in [2.05, 4.69) is 32.0 Å². The van der Waals surface area contributed by atoms with Crippen LogP contribution in [0.1, 0.15) is 52.9 Å². The molecule has 0 amide bonds. The molecule has 1 radical (unpaired) electrons. The lowest BCUT2D eigenvalue weighted by Gasteiger charge is -2.26. The summed E-state index contributed by atoms with van der Waals surface area (Å²) in [6, 6.07) is 0.0214. The summed E-state index contributed by atoms with van der Waals surface area (Å²) in [6.45, 7) is 8.52. The summed E-state index contributed by atoms with van der Waals surface area (Å²) in [7, 11) is 0. The van der Waals surface area contributed by atoms with Crippen LogP contribution in [-0.4, -0.2) is 30.3 Å². The molecule has 0 aliphatic carbocycles. The van der Waals surface area contributed by atoms with Gasteiger partial charge in [0.25, 0.3) is 0 Å². The summed E-state index contributed by atoms with van der Waals surface area (Å²) in [5.41, 5.74) is 0. The van der Waals surface area contributed by atoms with Crippen molar-refractivity contribution in [2.45, 2.75) is 58.9 Å². The quantitative estimate of drug-likeness (QED) is 0.568. The van der Waals surface area contributed by atoms with E-state index in [1.807, 2.05) is 0 Å². The lowest BCUT2D eigenvalue weighted by molar-refractivity contribution is 0.225. The van der Waals surface area contributed by atoms with Crippen LogP contribution in [0.3, 0.4) is 0 Å². The van der Waals surface area contributed by atoms with Gasteiger partial charge in [-0.15, -0.1) is 0 Å². The van der Waals surface area contributed by atoms with Crippen molar-refractivity contribution >= 4 is 6.29 Å². The summed E-state index contributed by atoms with van der Waals surface area (Å²) >= 11 is 0. The molecule has 0 aromatic rings. The van der Waals surface area contributed by atoms with Crippen LogP contribution < -0.4 is 0 Å². The van der Waals surface area contributed by atoms with Gasteiger partial charge in [-0.1, -0.05) is 33.6 Å². The van der Waals surface area contributed by atoms with Crippen LogP contribution in [0.5, 0.6) is 0 Å². The maximum absolute atomic E-state index is 10.7. The molecule has 0 saturated heterocycles. The molecule has 1 atom stereocenters. The SMILES string of the molecule is CCCCN(CCCC)C([C]=O)CC. The van der Waals surface area contributed by atoms with Gasteiger partial charge in [-0.3, -0.25) is 9.69 Å². The Morgan fingerprint density at radius 3 is 1.86 bits per heavy atom. The van der Waals surface area contributed by atoms with Crippen molar-refractivity contribution < 1.29 is 4.79 Å². The Morgan fingerprint density at radius 1 is 1.07 bits per heavy atom. The Bertz CT molecular complexity index is 128. The van der Waals surface area contributed by atoms with Crippen LogP contribution in [0.2, 0.25) is 0 Å². The second-order valence-corrected chi connectivity index (χ2v) is 3.78. The zero-order chi connectivity index (χ0) is 10.8. The first-order chi connectivity index (χ1) is 6.79. The lowest BCUT2D eigenvalue weighted by Crippen LogP contribution is -2.37. The van der Waals surface area contributed by atoms with Crippen molar-refractivity contribution in [2.75, 3.05) is 13.1 Å². The molecule has 0 heterocycles. The van der Waals surface area contributed by atoms with E-state index >= 15 is 0 Å². The normalized spacial score (nSPS) is 13.1. The largest absolute Gasteiger partial charge is 0.293 e. The van der Waals surface area contributed by atoms with Crippen molar-refractivity contribution in [3.8, 4) is 0 Å². The van der Waals surface area contributed by atoms with Crippen LogP contribution in [-0.2, 0) is 4.79 Å². The molecule has 0 aromatic heterocycles. The van der Waals surface area contributed by atoms with Crippen molar-refractivity contribution in [2.24, 2.45) is 0 Å². The Morgan fingerprint density at radius 2 is 1.57 bits per heavy atom. The van der Waals surface area contributed by atoms with Crippen LogP contribution in [0.4, 0.5) is 0 Å². The number of carbonyl (C=O) groups excluding carboxylic acids is 1. The molecule has 0 aliphatic rings. The van der Waals surface area contributed by atoms with Gasteiger partial charge in [0.1, 0.15) is 0 Å². The minimum atomic E-state index is 0.0214. The fourth-order valence-electron chi connectivity index (χ4n) is 1.56. The summed E-state index contributed by atoms with van der Waals surface area (Å²) in [6.07, 6.45) is 7.78. The maximum atomic E-state index is 10.7. The number of hydrogen-bond acceptors (Lipinski definition) is 2. The Kier molecular flexibility index (Phi) is 8.95. The highest BCUT2D eigenvalue weighted by atomic mass is 16.1. The molecule has 14 heavy (non-hydrogen) atoms. The zero-order valence-corrected chi connectivity index (χ0v) is 9.88. The second kappa shape index (κ2) is 9.20. The van der Waals surface area contributed by atoms with Crippen LogP contribution in [0.15, 0.2) is 0 Å². The molecular weight excluding hydrogens is 174 g/mol. The fourth-order valence-corrected chi connectivity index (χ4v) is 1.56. The number of unbranched alkanes of at least 4 members (excludes halogenated alkanes) is 2. The van der Waals surface area contributed by atoms with Crippen molar-refractivity contribution in [1.29, 1.82) is 0 Å². The molecule has 1 unspecified atom stereocenters. The smallest absolute Gasteiger partial charge is 0.217 e. The molecule has 0 aliphatic heterocycles. The van der Waals surface area contributed by atoms with Gasteiger partial charge in [-0.05, 0) is 32.4 Å². The maximum Gasteiger partial charge on any atom is 0.217 e. The molecular formula is C12H24NO. The van der Waals surface area contributed by atoms with Gasteiger partial charge in [-0.25, -0.2) is 0 Å². The first-order valence-electron chi connectivity index (χ1n) is 5.91. The molecule has 0 fully saturated rings. The Hall–Kier alpha value is -0.370. The molecule has 2 heteroatoms. The first-order valence-corrected chi connectivity index (χ1v) is 5.91. The van der Waals surface area contributed by atoms with Gasteiger partial charge in [0, 0.05) is 0 Å². The topological polar surface area (TPSA) is 20.3 Å². The lowest BCUT2D eigenvalue weighted by atomic mass is 10.1. The van der Waals surface area contributed by atoms with Gasteiger partial charge in [0.05, 0.1) is 6.04 Å². The van der Waals surface area contributed by atoms with E-state index < -0.39 is 0 Å². The van der Waals surface area contributed by atoms with E-state index in [0.717, 1.165) is 19.5 Å². The summed E-state index contributed by atoms with van der Waals surface area (Å²) in [5.74, 6) is 0. The van der Waals surface area contributed by atoms with Crippen molar-refractivity contribution in [3.05, 3.63) is 0 Å². The van der Waals surface area contributed by atoms with Crippen LogP contribution in [0.25, 0.3) is 0 Å². The summed E-state index contributed by atoms with van der Waals surface area (Å²) in [5, 5.41) is 0.